The first-order chi connectivity index (χ1) is 14.6. The second-order valence-electron chi connectivity index (χ2n) is 7.09. The van der Waals surface area contributed by atoms with Crippen LogP contribution in [-0.4, -0.2) is 16.9 Å². The van der Waals surface area contributed by atoms with Gasteiger partial charge in [-0.1, -0.05) is 42.5 Å². The highest BCUT2D eigenvalue weighted by Crippen LogP contribution is 2.31. The number of halogens is 1. The molecule has 0 unspecified atom stereocenters. The van der Waals surface area contributed by atoms with Crippen LogP contribution in [0.4, 0.5) is 0 Å². The average molecular weight is 463 g/mol. The van der Waals surface area contributed by atoms with Crippen molar-refractivity contribution in [1.82, 2.24) is 9.78 Å². The third-order valence-electron chi connectivity index (χ3n) is 5.15. The topological polar surface area (TPSA) is 36.3 Å². The number of benzene rings is 3. The van der Waals surface area contributed by atoms with Crippen LogP contribution in [0.15, 0.2) is 77.4 Å². The number of aromatic nitrogens is 2. The van der Waals surface area contributed by atoms with E-state index in [0.29, 0.717) is 6.61 Å². The zero-order chi connectivity index (χ0) is 21.1. The lowest BCUT2D eigenvalue weighted by atomic mass is 10.0. The van der Waals surface area contributed by atoms with Crippen molar-refractivity contribution >= 4 is 15.9 Å². The van der Waals surface area contributed by atoms with Gasteiger partial charge in [-0.3, -0.25) is 0 Å². The Kier molecular flexibility index (Phi) is 5.91. The summed E-state index contributed by atoms with van der Waals surface area (Å²) < 4.78 is 14.1. The van der Waals surface area contributed by atoms with Gasteiger partial charge in [0.15, 0.2) is 0 Å². The average Bonchev–Trinajstić information content (AvgIpc) is 3.05. The summed E-state index contributed by atoms with van der Waals surface area (Å²) in [5.41, 5.74) is 6.51. The quantitative estimate of drug-likeness (QED) is 0.327. The molecule has 0 aliphatic carbocycles. The van der Waals surface area contributed by atoms with Gasteiger partial charge in [-0.15, -0.1) is 0 Å². The van der Waals surface area contributed by atoms with E-state index in [9.17, 15) is 0 Å². The van der Waals surface area contributed by atoms with Crippen molar-refractivity contribution in [2.24, 2.45) is 0 Å². The summed E-state index contributed by atoms with van der Waals surface area (Å²) in [7, 11) is 1.67. The molecular weight excluding hydrogens is 440 g/mol. The van der Waals surface area contributed by atoms with E-state index in [1.807, 2.05) is 60.1 Å². The summed E-state index contributed by atoms with van der Waals surface area (Å²) in [5.74, 6) is 1.68. The predicted molar refractivity (Wildman–Crippen MR) is 124 cm³/mol. The molecule has 4 aromatic rings. The molecule has 0 N–H and O–H groups in total. The SMILES string of the molecule is COc1ccc(COc2ccc(-c3ccccc3-n3nc(C)c(C)c3Br)cc2)cc1. The minimum absolute atomic E-state index is 0.513. The van der Waals surface area contributed by atoms with E-state index in [0.717, 1.165) is 49.7 Å². The molecule has 0 amide bonds. The van der Waals surface area contributed by atoms with Gasteiger partial charge in [0.1, 0.15) is 22.7 Å². The van der Waals surface area contributed by atoms with Gasteiger partial charge in [0, 0.05) is 11.1 Å². The van der Waals surface area contributed by atoms with Crippen LogP contribution in [0.5, 0.6) is 11.5 Å². The maximum absolute atomic E-state index is 5.94. The third-order valence-corrected chi connectivity index (χ3v) is 6.08. The molecule has 0 radical (unpaired) electrons. The lowest BCUT2D eigenvalue weighted by Crippen LogP contribution is -2.00. The summed E-state index contributed by atoms with van der Waals surface area (Å²) in [4.78, 5) is 0. The van der Waals surface area contributed by atoms with Crippen molar-refractivity contribution in [3.63, 3.8) is 0 Å². The maximum atomic E-state index is 5.94. The van der Waals surface area contributed by atoms with Crippen LogP contribution in [-0.2, 0) is 6.61 Å². The van der Waals surface area contributed by atoms with Crippen LogP contribution in [0, 0.1) is 13.8 Å². The molecule has 0 aliphatic heterocycles. The fourth-order valence-electron chi connectivity index (χ4n) is 3.26. The number of methoxy groups -OCH3 is 1. The molecule has 0 bridgehead atoms. The van der Waals surface area contributed by atoms with Gasteiger partial charge >= 0.3 is 0 Å². The van der Waals surface area contributed by atoms with Crippen LogP contribution in [0.2, 0.25) is 0 Å². The van der Waals surface area contributed by atoms with Crippen molar-refractivity contribution in [3.05, 3.63) is 94.2 Å². The molecule has 4 nitrogen and oxygen atoms in total. The molecule has 4 rings (SSSR count). The van der Waals surface area contributed by atoms with Crippen LogP contribution in [0.25, 0.3) is 16.8 Å². The molecule has 1 aromatic heterocycles. The lowest BCUT2D eigenvalue weighted by molar-refractivity contribution is 0.306. The third kappa shape index (κ3) is 4.12. The smallest absolute Gasteiger partial charge is 0.119 e. The largest absolute Gasteiger partial charge is 0.497 e. The van der Waals surface area contributed by atoms with Gasteiger partial charge in [-0.2, -0.15) is 5.10 Å². The number of hydrogen-bond donors (Lipinski definition) is 0. The number of hydrogen-bond acceptors (Lipinski definition) is 3. The highest BCUT2D eigenvalue weighted by atomic mass is 79.9. The highest BCUT2D eigenvalue weighted by Gasteiger charge is 2.14. The molecular formula is C25H23BrN2O2. The Morgan fingerprint density at radius 3 is 2.17 bits per heavy atom. The Morgan fingerprint density at radius 2 is 1.53 bits per heavy atom. The molecule has 3 aromatic carbocycles. The summed E-state index contributed by atoms with van der Waals surface area (Å²) in [5, 5.41) is 4.70. The number of nitrogens with zero attached hydrogens (tertiary/aromatic N) is 2. The van der Waals surface area contributed by atoms with Crippen molar-refractivity contribution < 1.29 is 9.47 Å². The van der Waals surface area contributed by atoms with Gasteiger partial charge in [0.05, 0.1) is 18.5 Å². The first kappa shape index (κ1) is 20.2. The molecule has 5 heteroatoms. The Labute approximate surface area is 185 Å². The Morgan fingerprint density at radius 1 is 0.867 bits per heavy atom. The van der Waals surface area contributed by atoms with Gasteiger partial charge in [0.2, 0.25) is 0 Å². The summed E-state index contributed by atoms with van der Waals surface area (Å²) in [6, 6.07) is 24.3. The standard InChI is InChI=1S/C25H23BrN2O2/c1-17-18(2)27-28(25(17)26)24-7-5-4-6-23(24)20-10-14-22(15-11-20)30-16-19-8-12-21(29-3)13-9-19/h4-15H,16H2,1-3H3. The zero-order valence-corrected chi connectivity index (χ0v) is 18.8. The van der Waals surface area contributed by atoms with E-state index in [4.69, 9.17) is 14.6 Å². The van der Waals surface area contributed by atoms with E-state index in [-0.39, 0.29) is 0 Å². The van der Waals surface area contributed by atoms with E-state index < -0.39 is 0 Å². The van der Waals surface area contributed by atoms with Crippen molar-refractivity contribution in [1.29, 1.82) is 0 Å². The first-order valence-corrected chi connectivity index (χ1v) is 10.5. The van der Waals surface area contributed by atoms with Gasteiger partial charge in [-0.05, 0) is 71.2 Å². The van der Waals surface area contributed by atoms with Crippen molar-refractivity contribution in [2.45, 2.75) is 20.5 Å². The number of rotatable bonds is 6. The van der Waals surface area contributed by atoms with Crippen LogP contribution >= 0.6 is 15.9 Å². The fourth-order valence-corrected chi connectivity index (χ4v) is 3.82. The van der Waals surface area contributed by atoms with Crippen LogP contribution in [0.1, 0.15) is 16.8 Å². The molecule has 0 saturated carbocycles. The number of ether oxygens (including phenoxy) is 2. The highest BCUT2D eigenvalue weighted by molar-refractivity contribution is 9.10. The first-order valence-electron chi connectivity index (χ1n) is 9.74. The van der Waals surface area contributed by atoms with E-state index in [1.165, 1.54) is 0 Å². The molecule has 0 spiro atoms. The molecule has 0 atom stereocenters. The molecule has 0 aliphatic rings. The van der Waals surface area contributed by atoms with Crippen molar-refractivity contribution in [3.8, 4) is 28.3 Å². The van der Waals surface area contributed by atoms with E-state index in [2.05, 4.69) is 47.1 Å². The Hall–Kier alpha value is -3.05. The zero-order valence-electron chi connectivity index (χ0n) is 17.2. The minimum Gasteiger partial charge on any atom is -0.497 e. The summed E-state index contributed by atoms with van der Waals surface area (Å²) >= 11 is 3.68. The van der Waals surface area contributed by atoms with Gasteiger partial charge in [0.25, 0.3) is 0 Å². The minimum atomic E-state index is 0.513. The Bertz CT molecular complexity index is 1150. The molecule has 152 valence electrons. The maximum Gasteiger partial charge on any atom is 0.119 e. The van der Waals surface area contributed by atoms with Crippen LogP contribution in [0.3, 0.4) is 0 Å². The second-order valence-corrected chi connectivity index (χ2v) is 7.84. The Balaban J connectivity index is 1.55. The number of aryl methyl sites for hydroxylation is 1. The second kappa shape index (κ2) is 8.76. The van der Waals surface area contributed by atoms with Gasteiger partial charge < -0.3 is 9.47 Å². The predicted octanol–water partition coefficient (Wildman–Crippen LogP) is 6.51. The molecule has 30 heavy (non-hydrogen) atoms. The van der Waals surface area contributed by atoms with E-state index >= 15 is 0 Å². The monoisotopic (exact) mass is 462 g/mol. The molecule has 1 heterocycles. The molecule has 0 saturated heterocycles. The van der Waals surface area contributed by atoms with Gasteiger partial charge in [-0.25, -0.2) is 4.68 Å². The van der Waals surface area contributed by atoms with E-state index in [1.54, 1.807) is 7.11 Å². The van der Waals surface area contributed by atoms with Crippen molar-refractivity contribution in [2.75, 3.05) is 7.11 Å². The normalized spacial score (nSPS) is 10.8. The molecule has 0 fully saturated rings. The summed E-state index contributed by atoms with van der Waals surface area (Å²) in [6.07, 6.45) is 0. The fraction of sp³-hybridized carbons (Fsp3) is 0.160. The summed E-state index contributed by atoms with van der Waals surface area (Å²) in [6.45, 7) is 4.60. The van der Waals surface area contributed by atoms with Crippen LogP contribution < -0.4 is 9.47 Å². The number of para-hydroxylation sites is 1. The lowest BCUT2D eigenvalue weighted by Gasteiger charge is -2.12.